The van der Waals surface area contributed by atoms with Crippen molar-refractivity contribution < 1.29 is 18.7 Å². The van der Waals surface area contributed by atoms with Crippen molar-refractivity contribution in [1.29, 1.82) is 0 Å². The highest BCUT2D eigenvalue weighted by molar-refractivity contribution is 5.87. The zero-order valence-corrected chi connectivity index (χ0v) is 15.2. The van der Waals surface area contributed by atoms with Gasteiger partial charge < -0.3 is 15.0 Å². The van der Waals surface area contributed by atoms with Crippen LogP contribution in [0.2, 0.25) is 0 Å². The Kier molecular flexibility index (Phi) is 6.72. The van der Waals surface area contributed by atoms with Crippen LogP contribution in [0, 0.1) is 12.7 Å². The predicted molar refractivity (Wildman–Crippen MR) is 97.2 cm³/mol. The van der Waals surface area contributed by atoms with Crippen LogP contribution in [0.25, 0.3) is 0 Å². The van der Waals surface area contributed by atoms with Gasteiger partial charge in [0.15, 0.2) is 18.2 Å². The molecule has 0 radical (unpaired) electrons. The third-order valence-corrected chi connectivity index (χ3v) is 4.08. The molecule has 5 nitrogen and oxygen atoms in total. The van der Waals surface area contributed by atoms with Gasteiger partial charge in [0.1, 0.15) is 6.04 Å². The lowest BCUT2D eigenvalue weighted by atomic mass is 10.1. The number of nitrogens with zero attached hydrogens (tertiary/aromatic N) is 1. The molecule has 0 aliphatic rings. The number of carbonyl (C=O) groups is 2. The zero-order valence-electron chi connectivity index (χ0n) is 15.2. The van der Waals surface area contributed by atoms with E-state index in [1.165, 1.54) is 24.1 Å². The molecule has 1 N–H and O–H groups in total. The van der Waals surface area contributed by atoms with Gasteiger partial charge in [0.25, 0.3) is 5.91 Å². The van der Waals surface area contributed by atoms with Crippen LogP contribution in [0.1, 0.15) is 18.1 Å². The molecule has 2 rings (SSSR count). The van der Waals surface area contributed by atoms with Gasteiger partial charge in [0, 0.05) is 13.6 Å². The number of aryl methyl sites for hydroxylation is 1. The normalized spacial score (nSPS) is 11.5. The van der Waals surface area contributed by atoms with Crippen LogP contribution in [-0.4, -0.2) is 36.4 Å². The summed E-state index contributed by atoms with van der Waals surface area (Å²) in [6, 6.07) is 12.9. The number of halogens is 1. The van der Waals surface area contributed by atoms with Gasteiger partial charge in [-0.2, -0.15) is 0 Å². The summed E-state index contributed by atoms with van der Waals surface area (Å²) >= 11 is 0. The fourth-order valence-electron chi connectivity index (χ4n) is 2.47. The largest absolute Gasteiger partial charge is 0.481 e. The molecule has 0 aliphatic heterocycles. The molecule has 2 aromatic carbocycles. The fourth-order valence-corrected chi connectivity index (χ4v) is 2.47. The third-order valence-electron chi connectivity index (χ3n) is 4.08. The average Bonchev–Trinajstić information content (AvgIpc) is 2.65. The second kappa shape index (κ2) is 8.99. The second-order valence-corrected chi connectivity index (χ2v) is 6.02. The first-order valence-electron chi connectivity index (χ1n) is 8.36. The number of benzene rings is 2. The number of carbonyl (C=O) groups excluding carboxylic acids is 2. The SMILES string of the molecule is CNC(=O)C(C)N(Cc1ccc(C)cc1)C(=O)COc1ccccc1F. The van der Waals surface area contributed by atoms with Crippen LogP contribution >= 0.6 is 0 Å². The van der Waals surface area contributed by atoms with Crippen molar-refractivity contribution in [3.63, 3.8) is 0 Å². The molecule has 6 heteroatoms. The van der Waals surface area contributed by atoms with E-state index in [-0.39, 0.29) is 24.8 Å². The minimum absolute atomic E-state index is 0.00346. The summed E-state index contributed by atoms with van der Waals surface area (Å²) < 4.78 is 19.0. The van der Waals surface area contributed by atoms with Crippen LogP contribution in [0.5, 0.6) is 5.75 Å². The lowest BCUT2D eigenvalue weighted by Crippen LogP contribution is -2.48. The van der Waals surface area contributed by atoms with Crippen molar-refractivity contribution in [1.82, 2.24) is 10.2 Å². The molecule has 2 aromatic rings. The van der Waals surface area contributed by atoms with E-state index in [1.807, 2.05) is 31.2 Å². The molecule has 0 heterocycles. The Labute approximate surface area is 152 Å². The van der Waals surface area contributed by atoms with E-state index < -0.39 is 17.8 Å². The van der Waals surface area contributed by atoms with E-state index in [0.717, 1.165) is 11.1 Å². The Morgan fingerprint density at radius 3 is 2.42 bits per heavy atom. The number of likely N-dealkylation sites (N-methyl/N-ethyl adjacent to an activating group) is 1. The Morgan fingerprint density at radius 2 is 1.81 bits per heavy atom. The summed E-state index contributed by atoms with van der Waals surface area (Å²) in [5.74, 6) is -1.21. The van der Waals surface area contributed by atoms with E-state index in [1.54, 1.807) is 19.1 Å². The van der Waals surface area contributed by atoms with Crippen molar-refractivity contribution in [2.24, 2.45) is 0 Å². The summed E-state index contributed by atoms with van der Waals surface area (Å²) in [6.07, 6.45) is 0. The first-order valence-corrected chi connectivity index (χ1v) is 8.36. The summed E-state index contributed by atoms with van der Waals surface area (Å²) in [4.78, 5) is 26.1. The molecule has 0 aliphatic carbocycles. The molecule has 0 fully saturated rings. The van der Waals surface area contributed by atoms with Gasteiger partial charge in [-0.25, -0.2) is 4.39 Å². The maximum absolute atomic E-state index is 13.7. The first kappa shape index (κ1) is 19.4. The molecular weight excluding hydrogens is 335 g/mol. The topological polar surface area (TPSA) is 58.6 Å². The van der Waals surface area contributed by atoms with Crippen LogP contribution in [0.15, 0.2) is 48.5 Å². The smallest absolute Gasteiger partial charge is 0.261 e. The molecule has 1 unspecified atom stereocenters. The standard InChI is InChI=1S/C20H23FN2O3/c1-14-8-10-16(11-9-14)12-23(15(2)20(25)22-3)19(24)13-26-18-7-5-4-6-17(18)21/h4-11,15H,12-13H2,1-3H3,(H,22,25). The molecule has 0 bridgehead atoms. The molecule has 0 saturated heterocycles. The van der Waals surface area contributed by atoms with Gasteiger partial charge in [-0.1, -0.05) is 42.0 Å². The van der Waals surface area contributed by atoms with Crippen molar-refractivity contribution in [3.8, 4) is 5.75 Å². The van der Waals surface area contributed by atoms with E-state index in [0.29, 0.717) is 0 Å². The maximum Gasteiger partial charge on any atom is 0.261 e. The van der Waals surface area contributed by atoms with Crippen molar-refractivity contribution >= 4 is 11.8 Å². The van der Waals surface area contributed by atoms with Gasteiger partial charge >= 0.3 is 0 Å². The Hall–Kier alpha value is -2.89. The second-order valence-electron chi connectivity index (χ2n) is 6.02. The third kappa shape index (κ3) is 5.05. The quantitative estimate of drug-likeness (QED) is 0.828. The van der Waals surface area contributed by atoms with Gasteiger partial charge in [0.2, 0.25) is 5.91 Å². The Morgan fingerprint density at radius 1 is 1.15 bits per heavy atom. The number of hydrogen-bond acceptors (Lipinski definition) is 3. The molecule has 138 valence electrons. The van der Waals surface area contributed by atoms with E-state index in [2.05, 4.69) is 5.32 Å². The lowest BCUT2D eigenvalue weighted by molar-refractivity contribution is -0.142. The van der Waals surface area contributed by atoms with Gasteiger partial charge in [-0.3, -0.25) is 9.59 Å². The number of rotatable bonds is 7. The Bertz CT molecular complexity index is 762. The minimum Gasteiger partial charge on any atom is -0.481 e. The number of amides is 2. The highest BCUT2D eigenvalue weighted by atomic mass is 19.1. The molecular formula is C20H23FN2O3. The van der Waals surface area contributed by atoms with Crippen molar-refractivity contribution in [3.05, 3.63) is 65.5 Å². The monoisotopic (exact) mass is 358 g/mol. The van der Waals surface area contributed by atoms with Gasteiger partial charge in [-0.05, 0) is 31.5 Å². The van der Waals surface area contributed by atoms with E-state index in [4.69, 9.17) is 4.74 Å². The van der Waals surface area contributed by atoms with Gasteiger partial charge in [0.05, 0.1) is 0 Å². The first-order chi connectivity index (χ1) is 12.4. The predicted octanol–water partition coefficient (Wildman–Crippen LogP) is 2.68. The maximum atomic E-state index is 13.7. The Balaban J connectivity index is 2.13. The number of ether oxygens (including phenoxy) is 1. The molecule has 1 atom stereocenters. The van der Waals surface area contributed by atoms with Crippen LogP contribution in [0.3, 0.4) is 0 Å². The summed E-state index contributed by atoms with van der Waals surface area (Å²) in [6.45, 7) is 3.53. The van der Waals surface area contributed by atoms with Gasteiger partial charge in [-0.15, -0.1) is 0 Å². The molecule has 0 aromatic heterocycles. The lowest BCUT2D eigenvalue weighted by Gasteiger charge is -2.28. The number of nitrogens with one attached hydrogen (secondary N) is 1. The van der Waals surface area contributed by atoms with Crippen LogP contribution in [-0.2, 0) is 16.1 Å². The zero-order chi connectivity index (χ0) is 19.1. The summed E-state index contributed by atoms with van der Waals surface area (Å²) in [7, 11) is 1.52. The van der Waals surface area contributed by atoms with Crippen LogP contribution < -0.4 is 10.1 Å². The summed E-state index contributed by atoms with van der Waals surface area (Å²) in [5, 5.41) is 2.54. The van der Waals surface area contributed by atoms with Crippen molar-refractivity contribution in [2.75, 3.05) is 13.7 Å². The molecule has 0 saturated carbocycles. The highest BCUT2D eigenvalue weighted by Crippen LogP contribution is 2.16. The summed E-state index contributed by atoms with van der Waals surface area (Å²) in [5.41, 5.74) is 2.00. The molecule has 2 amide bonds. The van der Waals surface area contributed by atoms with Crippen LogP contribution in [0.4, 0.5) is 4.39 Å². The number of para-hydroxylation sites is 1. The fraction of sp³-hybridized carbons (Fsp3) is 0.300. The highest BCUT2D eigenvalue weighted by Gasteiger charge is 2.26. The molecule has 0 spiro atoms. The van der Waals surface area contributed by atoms with E-state index >= 15 is 0 Å². The van der Waals surface area contributed by atoms with E-state index in [9.17, 15) is 14.0 Å². The average molecular weight is 358 g/mol. The number of hydrogen-bond donors (Lipinski definition) is 1. The molecule has 26 heavy (non-hydrogen) atoms. The van der Waals surface area contributed by atoms with Crippen molar-refractivity contribution in [2.45, 2.75) is 26.4 Å². The minimum atomic E-state index is -0.682.